The molecule has 1 saturated carbocycles. The zero-order chi connectivity index (χ0) is 21.3. The number of hydrogen-bond donors (Lipinski definition) is 3. The summed E-state index contributed by atoms with van der Waals surface area (Å²) in [6, 6.07) is 12.6. The minimum atomic E-state index is -0.581. The lowest BCUT2D eigenvalue weighted by molar-refractivity contribution is -0.384. The maximum Gasteiger partial charge on any atom is 0.310 e. The van der Waals surface area contributed by atoms with Gasteiger partial charge in [0.2, 0.25) is 0 Å². The van der Waals surface area contributed by atoms with Crippen LogP contribution in [0.5, 0.6) is 0 Å². The lowest BCUT2D eigenvalue weighted by atomic mass is 10.1. The van der Waals surface area contributed by atoms with Crippen molar-refractivity contribution in [2.45, 2.75) is 31.7 Å². The first-order chi connectivity index (χ1) is 14.4. The van der Waals surface area contributed by atoms with Crippen LogP contribution < -0.4 is 10.6 Å². The van der Waals surface area contributed by atoms with Crippen molar-refractivity contribution < 1.29 is 9.31 Å². The second-order valence-electron chi connectivity index (χ2n) is 7.31. The summed E-state index contributed by atoms with van der Waals surface area (Å²) < 4.78 is 13.2. The van der Waals surface area contributed by atoms with Gasteiger partial charge in [-0.1, -0.05) is 12.1 Å². The molecule has 1 heterocycles. The van der Waals surface area contributed by atoms with Crippen LogP contribution in [0.25, 0.3) is 0 Å². The van der Waals surface area contributed by atoms with Crippen LogP contribution in [0.2, 0.25) is 0 Å². The highest BCUT2D eigenvalue weighted by atomic mass is 19.1. The third kappa shape index (κ3) is 4.07. The second kappa shape index (κ2) is 7.83. The maximum atomic E-state index is 13.2. The second-order valence-corrected chi connectivity index (χ2v) is 7.31. The Morgan fingerprint density at radius 2 is 2.03 bits per heavy atom. The van der Waals surface area contributed by atoms with E-state index in [2.05, 4.69) is 20.8 Å². The molecule has 0 saturated heterocycles. The molecule has 3 N–H and O–H groups in total. The van der Waals surface area contributed by atoms with E-state index in [9.17, 15) is 19.8 Å². The normalized spacial score (nSPS) is 14.0. The van der Waals surface area contributed by atoms with Crippen molar-refractivity contribution in [3.8, 4) is 6.07 Å². The Bertz CT molecular complexity index is 1130. The van der Waals surface area contributed by atoms with Crippen LogP contribution >= 0.6 is 0 Å². The lowest BCUT2D eigenvalue weighted by Gasteiger charge is -2.17. The number of aromatic amines is 1. The van der Waals surface area contributed by atoms with Gasteiger partial charge in [-0.15, -0.1) is 0 Å². The highest BCUT2D eigenvalue weighted by molar-refractivity contribution is 5.78. The molecule has 30 heavy (non-hydrogen) atoms. The number of aromatic nitrogens is 2. The Kier molecular flexibility index (Phi) is 5.06. The summed E-state index contributed by atoms with van der Waals surface area (Å²) in [7, 11) is 0. The fourth-order valence-corrected chi connectivity index (χ4v) is 3.32. The van der Waals surface area contributed by atoms with Crippen LogP contribution in [-0.2, 0) is 0 Å². The highest BCUT2D eigenvalue weighted by Crippen LogP contribution is 2.40. The molecule has 0 spiro atoms. The fraction of sp³-hybridized carbons (Fsp3) is 0.238. The van der Waals surface area contributed by atoms with Crippen molar-refractivity contribution in [1.82, 2.24) is 10.2 Å². The molecule has 0 aliphatic heterocycles. The molecule has 152 valence electrons. The first-order valence-corrected chi connectivity index (χ1v) is 9.51. The predicted molar refractivity (Wildman–Crippen MR) is 110 cm³/mol. The summed E-state index contributed by atoms with van der Waals surface area (Å²) >= 11 is 0. The highest BCUT2D eigenvalue weighted by Gasteiger charge is 2.27. The Balaban J connectivity index is 1.65. The Hall–Kier alpha value is -3.93. The van der Waals surface area contributed by atoms with Crippen molar-refractivity contribution >= 4 is 22.9 Å². The number of rotatable bonds is 7. The van der Waals surface area contributed by atoms with Crippen LogP contribution in [0, 0.1) is 27.3 Å². The Morgan fingerprint density at radius 3 is 2.67 bits per heavy atom. The number of H-pyrrole nitrogens is 1. The first kappa shape index (κ1) is 19.4. The van der Waals surface area contributed by atoms with E-state index < -0.39 is 4.92 Å². The van der Waals surface area contributed by atoms with Crippen LogP contribution in [0.1, 0.15) is 48.5 Å². The van der Waals surface area contributed by atoms with Crippen molar-refractivity contribution in [1.29, 1.82) is 5.26 Å². The van der Waals surface area contributed by atoms with E-state index in [-0.39, 0.29) is 28.8 Å². The molecule has 0 radical (unpaired) electrons. The number of hydrogen-bond acceptors (Lipinski definition) is 6. The summed E-state index contributed by atoms with van der Waals surface area (Å²) in [5, 5.41) is 34.4. The zero-order valence-electron chi connectivity index (χ0n) is 16.1. The molecule has 2 aromatic carbocycles. The summed E-state index contributed by atoms with van der Waals surface area (Å²) in [6.07, 6.45) is 2.20. The number of nitro groups is 1. The van der Waals surface area contributed by atoms with Gasteiger partial charge >= 0.3 is 5.69 Å². The van der Waals surface area contributed by atoms with Gasteiger partial charge in [0.15, 0.2) is 5.82 Å². The molecule has 1 aliphatic rings. The largest absolute Gasteiger partial charge is 0.378 e. The van der Waals surface area contributed by atoms with Gasteiger partial charge in [0.05, 0.1) is 4.92 Å². The third-order valence-corrected chi connectivity index (χ3v) is 5.04. The molecule has 1 aliphatic carbocycles. The van der Waals surface area contributed by atoms with Gasteiger partial charge in [0, 0.05) is 29.4 Å². The molecule has 3 aromatic rings. The van der Waals surface area contributed by atoms with Crippen LogP contribution in [0.15, 0.2) is 42.5 Å². The number of halogens is 1. The minimum absolute atomic E-state index is 0.0724. The Labute approximate surface area is 171 Å². The smallest absolute Gasteiger partial charge is 0.310 e. The van der Waals surface area contributed by atoms with Crippen LogP contribution in [0.4, 0.5) is 27.3 Å². The summed E-state index contributed by atoms with van der Waals surface area (Å²) in [6.45, 7) is 1.88. The van der Waals surface area contributed by atoms with Crippen LogP contribution in [0.3, 0.4) is 0 Å². The van der Waals surface area contributed by atoms with E-state index in [1.54, 1.807) is 18.2 Å². The van der Waals surface area contributed by atoms with Gasteiger partial charge in [-0.25, -0.2) is 4.39 Å². The van der Waals surface area contributed by atoms with Crippen molar-refractivity contribution in [3.63, 3.8) is 0 Å². The van der Waals surface area contributed by atoms with E-state index in [1.165, 1.54) is 18.2 Å². The molecule has 1 atom stereocenters. The Morgan fingerprint density at radius 1 is 1.30 bits per heavy atom. The van der Waals surface area contributed by atoms with Crippen molar-refractivity contribution in [2.75, 3.05) is 10.6 Å². The molecule has 1 fully saturated rings. The SMILES string of the molecule is CC(Nc1cc(C#N)c([N+](=O)[O-])c(Nc2cc(C3CC3)[nH]n2)c1)c1ccc(F)cc1. The molecule has 1 unspecified atom stereocenters. The fourth-order valence-electron chi connectivity index (χ4n) is 3.32. The van der Waals surface area contributed by atoms with E-state index in [0.717, 1.165) is 24.1 Å². The topological polar surface area (TPSA) is 120 Å². The number of benzene rings is 2. The quantitative estimate of drug-likeness (QED) is 0.370. The monoisotopic (exact) mass is 406 g/mol. The third-order valence-electron chi connectivity index (χ3n) is 5.04. The molecule has 0 bridgehead atoms. The van der Waals surface area contributed by atoms with E-state index in [1.807, 2.05) is 19.1 Å². The van der Waals surface area contributed by atoms with E-state index in [4.69, 9.17) is 0 Å². The van der Waals surface area contributed by atoms with Gasteiger partial charge in [0.1, 0.15) is 23.1 Å². The summed E-state index contributed by atoms with van der Waals surface area (Å²) in [5.74, 6) is 0.582. The van der Waals surface area contributed by atoms with Gasteiger partial charge in [0.25, 0.3) is 0 Å². The standard InChI is InChI=1S/C21H19FN6O2/c1-12(13-4-6-16(22)7-5-13)24-17-8-15(11-23)21(28(29)30)19(9-17)25-20-10-18(26-27-20)14-2-3-14/h4-10,12,14,24H,2-3H2,1H3,(H2,25,26,27). The molecule has 4 rings (SSSR count). The molecule has 8 nitrogen and oxygen atoms in total. The predicted octanol–water partition coefficient (Wildman–Crippen LogP) is 5.12. The number of nitriles is 1. The number of anilines is 3. The van der Waals surface area contributed by atoms with Gasteiger partial charge in [-0.05, 0) is 49.6 Å². The zero-order valence-corrected chi connectivity index (χ0v) is 16.1. The van der Waals surface area contributed by atoms with Gasteiger partial charge < -0.3 is 10.6 Å². The summed E-state index contributed by atoms with van der Waals surface area (Å²) in [5.41, 5.74) is 2.13. The average molecular weight is 406 g/mol. The molecule has 0 amide bonds. The number of nitrogens with zero attached hydrogens (tertiary/aromatic N) is 3. The van der Waals surface area contributed by atoms with E-state index >= 15 is 0 Å². The van der Waals surface area contributed by atoms with E-state index in [0.29, 0.717) is 17.4 Å². The molecule has 1 aromatic heterocycles. The molecular weight excluding hydrogens is 387 g/mol. The summed E-state index contributed by atoms with van der Waals surface area (Å²) in [4.78, 5) is 11.1. The average Bonchev–Trinajstić information content (AvgIpc) is 3.47. The number of nitro benzene ring substituents is 1. The van der Waals surface area contributed by atoms with Crippen molar-refractivity contribution in [3.05, 3.63) is 75.2 Å². The molecular formula is C21H19FN6O2. The minimum Gasteiger partial charge on any atom is -0.378 e. The van der Waals surface area contributed by atoms with Gasteiger partial charge in [-0.2, -0.15) is 10.4 Å². The van der Waals surface area contributed by atoms with Crippen LogP contribution in [-0.4, -0.2) is 15.1 Å². The first-order valence-electron chi connectivity index (χ1n) is 9.51. The van der Waals surface area contributed by atoms with Gasteiger partial charge in [-0.3, -0.25) is 15.2 Å². The lowest BCUT2D eigenvalue weighted by Crippen LogP contribution is -2.08. The molecule has 9 heteroatoms. The number of nitrogens with one attached hydrogen (secondary N) is 3. The maximum absolute atomic E-state index is 13.2. The van der Waals surface area contributed by atoms with Crippen molar-refractivity contribution in [2.24, 2.45) is 0 Å².